The Morgan fingerprint density at radius 2 is 1.75 bits per heavy atom. The Morgan fingerprint density at radius 1 is 0.975 bits per heavy atom. The van der Waals surface area contributed by atoms with Gasteiger partial charge in [-0.1, -0.05) is 62.4 Å². The maximum Gasteiger partial charge on any atom is 0.264 e. The summed E-state index contributed by atoms with van der Waals surface area (Å²) in [6, 6.07) is 24.3. The number of nitrogens with zero attached hydrogens (tertiary/aromatic N) is 2. The van der Waals surface area contributed by atoms with Crippen molar-refractivity contribution in [3.63, 3.8) is 0 Å². The SMILES string of the molecule is CC(C)C[C@@H]1COc2cc(-c3ccccc3OCc3ccccc3)nc(n2)NS(=O)(=O)c2cccc(c2)C(=O)N1. The van der Waals surface area contributed by atoms with Crippen molar-refractivity contribution in [3.8, 4) is 22.9 Å². The molecule has 10 heteroatoms. The van der Waals surface area contributed by atoms with Crippen molar-refractivity contribution in [3.05, 3.63) is 96.1 Å². The number of aromatic nitrogens is 2. The molecule has 40 heavy (non-hydrogen) atoms. The van der Waals surface area contributed by atoms with Crippen LogP contribution in [-0.2, 0) is 16.6 Å². The summed E-state index contributed by atoms with van der Waals surface area (Å²) in [6.07, 6.45) is 0.656. The predicted octanol–water partition coefficient (Wildman–Crippen LogP) is 5.06. The van der Waals surface area contributed by atoms with Gasteiger partial charge in [0.25, 0.3) is 15.9 Å². The lowest BCUT2D eigenvalue weighted by Crippen LogP contribution is -2.40. The topological polar surface area (TPSA) is 120 Å². The van der Waals surface area contributed by atoms with Gasteiger partial charge in [-0.25, -0.2) is 18.1 Å². The maximum atomic E-state index is 13.3. The minimum Gasteiger partial charge on any atom is -0.488 e. The van der Waals surface area contributed by atoms with Gasteiger partial charge in [-0.05, 0) is 48.2 Å². The second kappa shape index (κ2) is 11.7. The van der Waals surface area contributed by atoms with Gasteiger partial charge in [0.1, 0.15) is 19.0 Å². The number of hydrogen-bond donors (Lipinski definition) is 2. The van der Waals surface area contributed by atoms with Crippen LogP contribution in [0.2, 0.25) is 0 Å². The van der Waals surface area contributed by atoms with E-state index in [9.17, 15) is 13.2 Å². The molecule has 0 radical (unpaired) electrons. The van der Waals surface area contributed by atoms with Gasteiger partial charge in [0, 0.05) is 17.2 Å². The fourth-order valence-electron chi connectivity index (χ4n) is 4.40. The van der Waals surface area contributed by atoms with E-state index in [0.717, 1.165) is 5.56 Å². The van der Waals surface area contributed by atoms with Crippen LogP contribution < -0.4 is 19.5 Å². The molecule has 4 bridgehead atoms. The maximum absolute atomic E-state index is 13.3. The van der Waals surface area contributed by atoms with Gasteiger partial charge >= 0.3 is 0 Å². The summed E-state index contributed by atoms with van der Waals surface area (Å²) in [5.41, 5.74) is 2.29. The van der Waals surface area contributed by atoms with Crippen LogP contribution in [0, 0.1) is 5.92 Å². The first-order valence-corrected chi connectivity index (χ1v) is 14.5. The van der Waals surface area contributed by atoms with Gasteiger partial charge in [-0.15, -0.1) is 0 Å². The molecule has 1 aromatic heterocycles. The van der Waals surface area contributed by atoms with E-state index in [4.69, 9.17) is 9.47 Å². The van der Waals surface area contributed by atoms with Crippen LogP contribution in [0.5, 0.6) is 11.6 Å². The number of carbonyl (C=O) groups is 1. The van der Waals surface area contributed by atoms with E-state index in [0.29, 0.717) is 30.0 Å². The highest BCUT2D eigenvalue weighted by molar-refractivity contribution is 7.92. The molecule has 0 unspecified atom stereocenters. The van der Waals surface area contributed by atoms with Crippen LogP contribution in [0.25, 0.3) is 11.3 Å². The number of benzene rings is 3. The van der Waals surface area contributed by atoms with Gasteiger partial charge in [0.15, 0.2) is 0 Å². The Bertz CT molecular complexity index is 1610. The van der Waals surface area contributed by atoms with Gasteiger partial charge < -0.3 is 14.8 Å². The van der Waals surface area contributed by atoms with E-state index in [1.165, 1.54) is 18.2 Å². The second-order valence-electron chi connectivity index (χ2n) is 9.93. The standard InChI is InChI=1S/C30H30N4O5S/c1-20(2)15-23-19-39-28-17-26(25-13-6-7-14-27(25)38-18-21-9-4-3-5-10-21)32-30(33-28)34-40(36,37)24-12-8-11-22(16-24)29(35)31-23/h3-14,16-17,20,23H,15,18-19H2,1-2H3,(H,31,35)(H,32,33,34)/t23-/m1/s1. The first kappa shape index (κ1) is 27.1. The molecule has 0 fully saturated rings. The van der Waals surface area contributed by atoms with Gasteiger partial charge in [-0.2, -0.15) is 4.98 Å². The minimum absolute atomic E-state index is 0.0807. The molecule has 0 spiro atoms. The number of carbonyl (C=O) groups excluding carboxylic acids is 1. The lowest BCUT2D eigenvalue weighted by atomic mass is 10.0. The normalized spacial score (nSPS) is 16.4. The van der Waals surface area contributed by atoms with E-state index < -0.39 is 10.0 Å². The third-order valence-corrected chi connectivity index (χ3v) is 7.58. The van der Waals surface area contributed by atoms with E-state index in [2.05, 4.69) is 33.9 Å². The molecule has 4 aromatic rings. The Balaban J connectivity index is 1.55. The quantitative estimate of drug-likeness (QED) is 0.339. The number of hydrogen-bond acceptors (Lipinski definition) is 7. The van der Waals surface area contributed by atoms with Crippen molar-refractivity contribution in [1.82, 2.24) is 15.3 Å². The van der Waals surface area contributed by atoms with Crippen LogP contribution in [0.3, 0.4) is 0 Å². The summed E-state index contributed by atoms with van der Waals surface area (Å²) < 4.78 is 41.2. The lowest BCUT2D eigenvalue weighted by Gasteiger charge is -2.21. The summed E-state index contributed by atoms with van der Waals surface area (Å²) >= 11 is 0. The number of rotatable bonds is 6. The number of sulfonamides is 1. The van der Waals surface area contributed by atoms with Crippen LogP contribution in [0.15, 0.2) is 89.8 Å². The third kappa shape index (κ3) is 6.58. The Hall–Kier alpha value is -4.44. The Kier molecular flexibility index (Phi) is 7.97. The molecular formula is C30H30N4O5S. The van der Waals surface area contributed by atoms with Gasteiger partial charge in [0.05, 0.1) is 16.6 Å². The van der Waals surface area contributed by atoms with Crippen LogP contribution in [0.4, 0.5) is 5.95 Å². The highest BCUT2D eigenvalue weighted by Gasteiger charge is 2.23. The Morgan fingerprint density at radius 3 is 2.55 bits per heavy atom. The average Bonchev–Trinajstić information content (AvgIpc) is 2.95. The van der Waals surface area contributed by atoms with Gasteiger partial charge in [0.2, 0.25) is 11.8 Å². The molecule has 0 saturated heterocycles. The molecule has 206 valence electrons. The molecule has 1 amide bonds. The number of para-hydroxylation sites is 1. The number of ether oxygens (including phenoxy) is 2. The second-order valence-corrected chi connectivity index (χ2v) is 11.6. The molecule has 1 aliphatic rings. The summed E-state index contributed by atoms with van der Waals surface area (Å²) in [5.74, 6) is 0.473. The zero-order chi connectivity index (χ0) is 28.1. The molecular weight excluding hydrogens is 528 g/mol. The molecule has 5 rings (SSSR count). The van der Waals surface area contributed by atoms with Crippen LogP contribution in [-0.4, -0.2) is 36.9 Å². The zero-order valence-corrected chi connectivity index (χ0v) is 23.0. The fraction of sp³-hybridized carbons (Fsp3) is 0.233. The third-order valence-electron chi connectivity index (χ3n) is 6.26. The van der Waals surface area contributed by atoms with Crippen molar-refractivity contribution in [2.24, 2.45) is 5.92 Å². The summed E-state index contributed by atoms with van der Waals surface area (Å²) in [6.45, 7) is 4.59. The van der Waals surface area contributed by atoms with Gasteiger partial charge in [-0.3, -0.25) is 4.79 Å². The Labute approximate surface area is 233 Å². The lowest BCUT2D eigenvalue weighted by molar-refractivity contribution is 0.0913. The number of nitrogens with one attached hydrogen (secondary N) is 2. The highest BCUT2D eigenvalue weighted by Crippen LogP contribution is 2.32. The molecule has 3 aromatic carbocycles. The van der Waals surface area contributed by atoms with Crippen molar-refractivity contribution >= 4 is 21.9 Å². The molecule has 0 saturated carbocycles. The molecule has 9 nitrogen and oxygen atoms in total. The van der Waals surface area contributed by atoms with Crippen molar-refractivity contribution < 1.29 is 22.7 Å². The number of anilines is 1. The van der Waals surface area contributed by atoms with Crippen LogP contribution in [0.1, 0.15) is 36.2 Å². The molecule has 2 N–H and O–H groups in total. The summed E-state index contributed by atoms with van der Waals surface area (Å²) in [4.78, 5) is 21.8. The first-order chi connectivity index (χ1) is 19.3. The molecule has 2 heterocycles. The first-order valence-electron chi connectivity index (χ1n) is 13.0. The fourth-order valence-corrected chi connectivity index (χ4v) is 5.39. The van der Waals surface area contributed by atoms with Crippen molar-refractivity contribution in [1.29, 1.82) is 0 Å². The summed E-state index contributed by atoms with van der Waals surface area (Å²) in [5, 5.41) is 2.98. The van der Waals surface area contributed by atoms with E-state index in [-0.39, 0.29) is 46.8 Å². The average molecular weight is 559 g/mol. The monoisotopic (exact) mass is 558 g/mol. The number of amides is 1. The van der Waals surface area contributed by atoms with Crippen molar-refractivity contribution in [2.45, 2.75) is 37.8 Å². The smallest absolute Gasteiger partial charge is 0.264 e. The number of fused-ring (bicyclic) bond motifs is 4. The highest BCUT2D eigenvalue weighted by atomic mass is 32.2. The molecule has 1 aliphatic heterocycles. The summed E-state index contributed by atoms with van der Waals surface area (Å²) in [7, 11) is -4.11. The van der Waals surface area contributed by atoms with Crippen LogP contribution >= 0.6 is 0 Å². The van der Waals surface area contributed by atoms with E-state index in [1.807, 2.05) is 54.6 Å². The molecule has 0 aliphatic carbocycles. The zero-order valence-electron chi connectivity index (χ0n) is 22.2. The van der Waals surface area contributed by atoms with E-state index >= 15 is 0 Å². The largest absolute Gasteiger partial charge is 0.488 e. The van der Waals surface area contributed by atoms with Crippen molar-refractivity contribution in [2.75, 3.05) is 11.3 Å². The minimum atomic E-state index is -4.11. The van der Waals surface area contributed by atoms with E-state index in [1.54, 1.807) is 12.1 Å². The predicted molar refractivity (Wildman–Crippen MR) is 152 cm³/mol. The molecule has 1 atom stereocenters.